The van der Waals surface area contributed by atoms with Crippen LogP contribution in [-0.2, 0) is 0 Å². The lowest BCUT2D eigenvalue weighted by atomic mass is 9.98. The van der Waals surface area contributed by atoms with Crippen molar-refractivity contribution in [2.45, 2.75) is 45.6 Å². The van der Waals surface area contributed by atoms with E-state index in [0.29, 0.717) is 29.4 Å². The van der Waals surface area contributed by atoms with Crippen molar-refractivity contribution in [3.63, 3.8) is 0 Å². The number of halogens is 1. The first-order valence-corrected chi connectivity index (χ1v) is 9.46. The van der Waals surface area contributed by atoms with E-state index in [-0.39, 0.29) is 28.5 Å². The zero-order valence-electron chi connectivity index (χ0n) is 16.1. The summed E-state index contributed by atoms with van der Waals surface area (Å²) in [6, 6.07) is 5.56. The molecule has 0 bridgehead atoms. The van der Waals surface area contributed by atoms with E-state index >= 15 is 0 Å². The molecule has 1 aromatic carbocycles. The van der Waals surface area contributed by atoms with Crippen LogP contribution in [0.1, 0.15) is 64.5 Å². The van der Waals surface area contributed by atoms with Crippen LogP contribution in [0.2, 0.25) is 0 Å². The molecule has 1 aliphatic carbocycles. The fraction of sp³-hybridized carbons (Fsp3) is 0.318. The number of ketones is 1. The lowest BCUT2D eigenvalue weighted by Gasteiger charge is -2.19. The van der Waals surface area contributed by atoms with Crippen molar-refractivity contribution in [2.24, 2.45) is 0 Å². The Kier molecular flexibility index (Phi) is 4.50. The first kappa shape index (κ1) is 18.9. The van der Waals surface area contributed by atoms with Gasteiger partial charge < -0.3 is 9.52 Å². The van der Waals surface area contributed by atoms with E-state index in [0.717, 1.165) is 12.8 Å². The second kappa shape index (κ2) is 6.89. The van der Waals surface area contributed by atoms with Crippen molar-refractivity contribution in [3.8, 4) is 11.9 Å². The molecular formula is C22H19FN2O4. The summed E-state index contributed by atoms with van der Waals surface area (Å²) in [5.41, 5.74) is -0.00222. The number of benzene rings is 1. The molecule has 0 amide bonds. The molecule has 2 heterocycles. The lowest BCUT2D eigenvalue weighted by Crippen LogP contribution is -2.29. The third-order valence-electron chi connectivity index (χ3n) is 5.77. The standard InChI is InChI=1S/C22H19FN2O4/c1-11-16(10-24)21(27)25(14-5-3-4-6-14)22(28)18(11)19(26)20-12(2)15-9-13(23)7-8-17(15)29-20/h7-9,14,28H,3-6H2,1-2H3. The lowest BCUT2D eigenvalue weighted by molar-refractivity contribution is 0.100. The van der Waals surface area contributed by atoms with E-state index in [1.165, 1.54) is 29.7 Å². The molecule has 4 rings (SSSR count). The van der Waals surface area contributed by atoms with Gasteiger partial charge in [-0.15, -0.1) is 0 Å². The van der Waals surface area contributed by atoms with E-state index in [2.05, 4.69) is 0 Å². The van der Waals surface area contributed by atoms with Crippen molar-refractivity contribution >= 4 is 16.8 Å². The molecule has 0 unspecified atom stereocenters. The smallest absolute Gasteiger partial charge is 0.271 e. The van der Waals surface area contributed by atoms with Gasteiger partial charge in [0, 0.05) is 17.0 Å². The summed E-state index contributed by atoms with van der Waals surface area (Å²) >= 11 is 0. The van der Waals surface area contributed by atoms with Crippen LogP contribution in [0.15, 0.2) is 27.4 Å². The molecule has 148 valence electrons. The SMILES string of the molecule is Cc1c(C(=O)c2oc3ccc(F)cc3c2C)c(O)n(C2CCCC2)c(=O)c1C#N. The van der Waals surface area contributed by atoms with Crippen molar-refractivity contribution in [1.82, 2.24) is 4.57 Å². The number of fused-ring (bicyclic) bond motifs is 1. The molecule has 3 aromatic rings. The van der Waals surface area contributed by atoms with E-state index in [4.69, 9.17) is 4.42 Å². The van der Waals surface area contributed by atoms with Gasteiger partial charge in [-0.1, -0.05) is 12.8 Å². The number of pyridine rings is 1. The number of nitriles is 1. The fourth-order valence-electron chi connectivity index (χ4n) is 4.22. The van der Waals surface area contributed by atoms with Crippen molar-refractivity contribution in [1.29, 1.82) is 5.26 Å². The highest BCUT2D eigenvalue weighted by atomic mass is 19.1. The summed E-state index contributed by atoms with van der Waals surface area (Å²) in [6.07, 6.45) is 3.20. The van der Waals surface area contributed by atoms with Gasteiger partial charge in [0.2, 0.25) is 11.7 Å². The van der Waals surface area contributed by atoms with Crippen molar-refractivity contribution in [2.75, 3.05) is 0 Å². The van der Waals surface area contributed by atoms with Crippen molar-refractivity contribution < 1.29 is 18.7 Å². The number of carbonyl (C=O) groups excluding carboxylic acids is 1. The minimum Gasteiger partial charge on any atom is -0.494 e. The molecule has 2 aromatic heterocycles. The number of furan rings is 1. The van der Waals surface area contributed by atoms with E-state index in [1.54, 1.807) is 6.92 Å². The van der Waals surface area contributed by atoms with Gasteiger partial charge in [0.05, 0.1) is 5.56 Å². The predicted octanol–water partition coefficient (Wildman–Crippen LogP) is 4.27. The third-order valence-corrected chi connectivity index (χ3v) is 5.77. The third kappa shape index (κ3) is 2.83. The van der Waals surface area contributed by atoms with E-state index in [1.807, 2.05) is 6.07 Å². The Hall–Kier alpha value is -3.40. The minimum absolute atomic E-state index is 0.0514. The quantitative estimate of drug-likeness (QED) is 0.669. The van der Waals surface area contributed by atoms with Gasteiger partial charge in [-0.3, -0.25) is 14.2 Å². The summed E-state index contributed by atoms with van der Waals surface area (Å²) < 4.78 is 20.4. The molecule has 0 radical (unpaired) electrons. The highest BCUT2D eigenvalue weighted by Crippen LogP contribution is 2.36. The van der Waals surface area contributed by atoms with Crippen LogP contribution in [-0.4, -0.2) is 15.5 Å². The molecule has 1 fully saturated rings. The van der Waals surface area contributed by atoms with Gasteiger partial charge in [0.25, 0.3) is 5.56 Å². The molecule has 1 N–H and O–H groups in total. The summed E-state index contributed by atoms with van der Waals surface area (Å²) in [5.74, 6) is -1.60. The molecule has 7 heteroatoms. The highest BCUT2D eigenvalue weighted by Gasteiger charge is 2.31. The minimum atomic E-state index is -0.641. The van der Waals surface area contributed by atoms with Gasteiger partial charge >= 0.3 is 0 Å². The first-order chi connectivity index (χ1) is 13.8. The maximum atomic E-state index is 13.6. The average Bonchev–Trinajstić information content (AvgIpc) is 3.31. The summed E-state index contributed by atoms with van der Waals surface area (Å²) in [5, 5.41) is 20.9. The second-order valence-corrected chi connectivity index (χ2v) is 7.45. The second-order valence-electron chi connectivity index (χ2n) is 7.45. The largest absolute Gasteiger partial charge is 0.494 e. The van der Waals surface area contributed by atoms with Gasteiger partial charge in [-0.2, -0.15) is 5.26 Å². The number of hydrogen-bond acceptors (Lipinski definition) is 5. The highest BCUT2D eigenvalue weighted by molar-refractivity contribution is 6.12. The molecule has 6 nitrogen and oxygen atoms in total. The van der Waals surface area contributed by atoms with Crippen LogP contribution in [0.25, 0.3) is 11.0 Å². The Labute approximate surface area is 165 Å². The summed E-state index contributed by atoms with van der Waals surface area (Å²) in [6.45, 7) is 3.09. The van der Waals surface area contributed by atoms with Crippen LogP contribution >= 0.6 is 0 Å². The summed E-state index contributed by atoms with van der Waals surface area (Å²) in [7, 11) is 0. The zero-order chi connectivity index (χ0) is 20.9. The zero-order valence-corrected chi connectivity index (χ0v) is 16.1. The van der Waals surface area contributed by atoms with Gasteiger partial charge in [0.1, 0.15) is 23.0 Å². The topological polar surface area (TPSA) is 96.2 Å². The number of aryl methyl sites for hydroxylation is 1. The van der Waals surface area contributed by atoms with Crippen LogP contribution in [0, 0.1) is 31.0 Å². The van der Waals surface area contributed by atoms with Crippen molar-refractivity contribution in [3.05, 3.63) is 62.4 Å². The van der Waals surface area contributed by atoms with Gasteiger partial charge in [-0.05, 0) is 50.5 Å². The normalized spacial score (nSPS) is 14.4. The number of nitrogens with zero attached hydrogens (tertiary/aromatic N) is 2. The van der Waals surface area contributed by atoms with Crippen LogP contribution in [0.3, 0.4) is 0 Å². The number of hydrogen-bond donors (Lipinski definition) is 1. The number of aromatic nitrogens is 1. The number of rotatable bonds is 3. The predicted molar refractivity (Wildman–Crippen MR) is 104 cm³/mol. The van der Waals surface area contributed by atoms with Crippen LogP contribution in [0.5, 0.6) is 5.88 Å². The molecule has 0 saturated heterocycles. The Morgan fingerprint density at radius 1 is 1.28 bits per heavy atom. The molecule has 29 heavy (non-hydrogen) atoms. The van der Waals surface area contributed by atoms with Gasteiger partial charge in [-0.25, -0.2) is 4.39 Å². The Morgan fingerprint density at radius 3 is 2.62 bits per heavy atom. The Morgan fingerprint density at radius 2 is 1.97 bits per heavy atom. The molecule has 0 spiro atoms. The maximum absolute atomic E-state index is 13.6. The van der Waals surface area contributed by atoms with E-state index in [9.17, 15) is 24.3 Å². The summed E-state index contributed by atoms with van der Waals surface area (Å²) in [4.78, 5) is 26.1. The monoisotopic (exact) mass is 394 g/mol. The van der Waals surface area contributed by atoms with E-state index < -0.39 is 23.0 Å². The van der Waals surface area contributed by atoms with Crippen LogP contribution < -0.4 is 5.56 Å². The average molecular weight is 394 g/mol. The van der Waals surface area contributed by atoms with Gasteiger partial charge in [0.15, 0.2) is 5.76 Å². The number of carbonyl (C=O) groups is 1. The maximum Gasteiger partial charge on any atom is 0.271 e. The molecule has 0 atom stereocenters. The Balaban J connectivity index is 1.96. The first-order valence-electron chi connectivity index (χ1n) is 9.46. The molecule has 0 aliphatic heterocycles. The molecule has 1 saturated carbocycles. The fourth-order valence-corrected chi connectivity index (χ4v) is 4.22. The molecular weight excluding hydrogens is 375 g/mol. The number of aromatic hydroxyl groups is 1. The molecule has 1 aliphatic rings. The van der Waals surface area contributed by atoms with Crippen LogP contribution in [0.4, 0.5) is 4.39 Å². The Bertz CT molecular complexity index is 1260.